The van der Waals surface area contributed by atoms with Gasteiger partial charge in [0.15, 0.2) is 6.10 Å². The first kappa shape index (κ1) is 71.6. The average Bonchev–Trinajstić information content (AvgIpc) is 3.41. The molecule has 0 aliphatic carbocycles. The zero-order valence-corrected chi connectivity index (χ0v) is 49.6. The predicted molar refractivity (Wildman–Crippen MR) is 325 cm³/mol. The van der Waals surface area contributed by atoms with Crippen molar-refractivity contribution >= 4 is 17.9 Å². The summed E-state index contributed by atoms with van der Waals surface area (Å²) in [7, 11) is 0. The predicted octanol–water partition coefficient (Wildman–Crippen LogP) is 21.9. The Morgan fingerprint density at radius 3 is 0.867 bits per heavy atom. The molecule has 0 aromatic rings. The first-order valence-corrected chi connectivity index (χ1v) is 32.1. The van der Waals surface area contributed by atoms with Crippen molar-refractivity contribution in [2.75, 3.05) is 13.2 Å². The number of carbonyl (C=O) groups is 3. The van der Waals surface area contributed by atoms with E-state index >= 15 is 0 Å². The quantitative estimate of drug-likeness (QED) is 0.0261. The molecule has 0 aromatic heterocycles. The minimum Gasteiger partial charge on any atom is -0.462 e. The van der Waals surface area contributed by atoms with Gasteiger partial charge in [0.25, 0.3) is 0 Å². The van der Waals surface area contributed by atoms with Crippen LogP contribution >= 0.6 is 0 Å². The van der Waals surface area contributed by atoms with Crippen LogP contribution in [0.2, 0.25) is 0 Å². The van der Waals surface area contributed by atoms with Crippen LogP contribution in [0.5, 0.6) is 0 Å². The lowest BCUT2D eigenvalue weighted by Crippen LogP contribution is -2.30. The highest BCUT2D eigenvalue weighted by atomic mass is 16.6. The van der Waals surface area contributed by atoms with Gasteiger partial charge >= 0.3 is 17.9 Å². The number of ether oxygens (including phenoxy) is 3. The molecule has 0 saturated heterocycles. The number of hydrogen-bond acceptors (Lipinski definition) is 6. The van der Waals surface area contributed by atoms with Crippen LogP contribution in [0.25, 0.3) is 0 Å². The van der Waals surface area contributed by atoms with Crippen LogP contribution in [-0.4, -0.2) is 37.2 Å². The summed E-state index contributed by atoms with van der Waals surface area (Å²) in [4.78, 5) is 38.2. The molecule has 432 valence electrons. The smallest absolute Gasteiger partial charge is 0.306 e. The maximum absolute atomic E-state index is 12.9. The molecule has 0 aliphatic rings. The van der Waals surface area contributed by atoms with Gasteiger partial charge in [0, 0.05) is 19.3 Å². The molecule has 0 aliphatic heterocycles. The van der Waals surface area contributed by atoms with Crippen LogP contribution in [0.3, 0.4) is 0 Å². The second-order valence-electron chi connectivity index (χ2n) is 21.3. The van der Waals surface area contributed by atoms with Crippen molar-refractivity contribution in [3.63, 3.8) is 0 Å². The second kappa shape index (κ2) is 63.1. The third kappa shape index (κ3) is 61.3. The van der Waals surface area contributed by atoms with Crippen molar-refractivity contribution in [3.05, 3.63) is 85.1 Å². The summed E-state index contributed by atoms with van der Waals surface area (Å²) in [6.07, 6.45) is 83.1. The molecular formula is C69H120O6. The summed E-state index contributed by atoms with van der Waals surface area (Å²) >= 11 is 0. The Balaban J connectivity index is 4.21. The summed E-state index contributed by atoms with van der Waals surface area (Å²) in [5.74, 6) is -0.893. The Morgan fingerprint density at radius 2 is 0.533 bits per heavy atom. The minimum absolute atomic E-state index is 0.0822. The molecular weight excluding hydrogens is 925 g/mol. The Kier molecular flexibility index (Phi) is 60.3. The monoisotopic (exact) mass is 1040 g/mol. The first-order valence-electron chi connectivity index (χ1n) is 32.1. The fourth-order valence-electron chi connectivity index (χ4n) is 9.03. The van der Waals surface area contributed by atoms with Crippen LogP contribution in [0.15, 0.2) is 85.1 Å². The zero-order chi connectivity index (χ0) is 54.3. The lowest BCUT2D eigenvalue weighted by molar-refractivity contribution is -0.167. The fourth-order valence-corrected chi connectivity index (χ4v) is 9.03. The molecule has 0 aromatic carbocycles. The Hall–Kier alpha value is -3.41. The highest BCUT2D eigenvalue weighted by Gasteiger charge is 2.19. The molecule has 0 heterocycles. The van der Waals surface area contributed by atoms with Gasteiger partial charge in [-0.25, -0.2) is 0 Å². The standard InChI is InChI=1S/C69H120O6/c1-4-7-10-13-16-19-22-24-26-28-29-30-31-32-33-34-35-36-37-38-39-41-42-44-47-50-53-56-59-62-68(71)74-65-66(64-73-67(70)61-58-55-52-49-46-21-18-15-12-9-6-3)75-69(72)63-60-57-54-51-48-45-43-40-27-25-23-20-17-14-11-8-5-2/h8,11,15,17-18,20,22,24-25,27-29,31-32,66H,4-7,9-10,12-14,16,19,21,23,26,30,33-65H2,1-3H3/b11-8-,18-15-,20-17-,24-22-,27-25-,29-28-,32-31-. The van der Waals surface area contributed by atoms with E-state index in [0.717, 1.165) is 103 Å². The van der Waals surface area contributed by atoms with Crippen molar-refractivity contribution in [2.45, 2.75) is 322 Å². The summed E-state index contributed by atoms with van der Waals surface area (Å²) in [5, 5.41) is 0. The van der Waals surface area contributed by atoms with Gasteiger partial charge in [0.2, 0.25) is 0 Å². The second-order valence-corrected chi connectivity index (χ2v) is 21.3. The van der Waals surface area contributed by atoms with Gasteiger partial charge in [-0.3, -0.25) is 14.4 Å². The summed E-state index contributed by atoms with van der Waals surface area (Å²) in [6, 6.07) is 0. The lowest BCUT2D eigenvalue weighted by atomic mass is 10.0. The molecule has 0 saturated carbocycles. The van der Waals surface area contributed by atoms with Gasteiger partial charge in [0.1, 0.15) is 13.2 Å². The van der Waals surface area contributed by atoms with Crippen LogP contribution in [0.1, 0.15) is 316 Å². The topological polar surface area (TPSA) is 78.9 Å². The Bertz CT molecular complexity index is 1430. The van der Waals surface area contributed by atoms with E-state index in [4.69, 9.17) is 14.2 Å². The molecule has 0 radical (unpaired) electrons. The molecule has 0 spiro atoms. The van der Waals surface area contributed by atoms with E-state index in [0.29, 0.717) is 19.3 Å². The zero-order valence-electron chi connectivity index (χ0n) is 49.6. The number of hydrogen-bond donors (Lipinski definition) is 0. The van der Waals surface area contributed by atoms with Gasteiger partial charge in [-0.15, -0.1) is 0 Å². The van der Waals surface area contributed by atoms with Crippen molar-refractivity contribution in [1.29, 1.82) is 0 Å². The molecule has 1 unspecified atom stereocenters. The highest BCUT2D eigenvalue weighted by Crippen LogP contribution is 2.16. The molecule has 0 fully saturated rings. The molecule has 1 atom stereocenters. The van der Waals surface area contributed by atoms with Gasteiger partial charge in [0.05, 0.1) is 0 Å². The minimum atomic E-state index is -0.785. The van der Waals surface area contributed by atoms with Gasteiger partial charge in [-0.2, -0.15) is 0 Å². The summed E-state index contributed by atoms with van der Waals surface area (Å²) in [5.41, 5.74) is 0. The van der Waals surface area contributed by atoms with E-state index in [1.165, 1.54) is 173 Å². The molecule has 0 rings (SSSR count). The van der Waals surface area contributed by atoms with Crippen LogP contribution in [0, 0.1) is 0 Å². The van der Waals surface area contributed by atoms with Crippen molar-refractivity contribution in [2.24, 2.45) is 0 Å². The van der Waals surface area contributed by atoms with Crippen molar-refractivity contribution in [3.8, 4) is 0 Å². The molecule has 6 heteroatoms. The normalized spacial score (nSPS) is 12.6. The molecule has 0 bridgehead atoms. The van der Waals surface area contributed by atoms with Crippen LogP contribution < -0.4 is 0 Å². The Labute approximate surface area is 465 Å². The largest absolute Gasteiger partial charge is 0.462 e. The van der Waals surface area contributed by atoms with E-state index in [1.54, 1.807) is 0 Å². The van der Waals surface area contributed by atoms with Gasteiger partial charge in [-0.1, -0.05) is 273 Å². The summed E-state index contributed by atoms with van der Waals surface area (Å²) < 4.78 is 16.9. The van der Waals surface area contributed by atoms with Crippen molar-refractivity contribution in [1.82, 2.24) is 0 Å². The lowest BCUT2D eigenvalue weighted by Gasteiger charge is -2.18. The van der Waals surface area contributed by atoms with E-state index in [9.17, 15) is 14.4 Å². The third-order valence-corrected chi connectivity index (χ3v) is 13.9. The number of carbonyl (C=O) groups excluding carboxylic acids is 3. The average molecular weight is 1050 g/mol. The van der Waals surface area contributed by atoms with Crippen LogP contribution in [-0.2, 0) is 28.6 Å². The highest BCUT2D eigenvalue weighted by molar-refractivity contribution is 5.71. The summed E-state index contributed by atoms with van der Waals surface area (Å²) in [6.45, 7) is 6.49. The molecule has 6 nitrogen and oxygen atoms in total. The number of rotatable bonds is 58. The maximum atomic E-state index is 12.9. The molecule has 0 N–H and O–H groups in total. The van der Waals surface area contributed by atoms with E-state index in [-0.39, 0.29) is 31.1 Å². The molecule has 75 heavy (non-hydrogen) atoms. The first-order chi connectivity index (χ1) is 37.0. The van der Waals surface area contributed by atoms with E-state index < -0.39 is 6.10 Å². The van der Waals surface area contributed by atoms with Crippen LogP contribution in [0.4, 0.5) is 0 Å². The number of unbranched alkanes of at least 4 members (excludes halogenated alkanes) is 33. The van der Waals surface area contributed by atoms with Gasteiger partial charge in [-0.05, 0) is 109 Å². The van der Waals surface area contributed by atoms with E-state index in [2.05, 4.69) is 106 Å². The third-order valence-electron chi connectivity index (χ3n) is 13.9. The fraction of sp³-hybridized carbons (Fsp3) is 0.754. The van der Waals surface area contributed by atoms with Crippen molar-refractivity contribution < 1.29 is 28.6 Å². The maximum Gasteiger partial charge on any atom is 0.306 e. The molecule has 0 amide bonds. The van der Waals surface area contributed by atoms with Gasteiger partial charge < -0.3 is 14.2 Å². The number of allylic oxidation sites excluding steroid dienone is 14. The SMILES string of the molecule is CC/C=C\C/C=C\C/C=C\CCCCCCCCCC(=O)OC(COC(=O)CCCCCCC/C=C\CCCC)COC(=O)CCCCCCCCCCCCCCCC/C=C\C/C=C\C/C=C\CCCCCCC. The van der Waals surface area contributed by atoms with E-state index in [1.807, 2.05) is 0 Å². The number of esters is 3. The Morgan fingerprint density at radius 1 is 0.280 bits per heavy atom.